The first-order valence-electron chi connectivity index (χ1n) is 6.38. The summed E-state index contributed by atoms with van der Waals surface area (Å²) >= 11 is 1.27. The van der Waals surface area contributed by atoms with Crippen LogP contribution in [0.3, 0.4) is 0 Å². The van der Waals surface area contributed by atoms with Gasteiger partial charge < -0.3 is 20.3 Å². The molecule has 1 aliphatic heterocycles. The molecule has 7 heteroatoms. The molecule has 2 rings (SSSR count). The molecule has 1 aliphatic rings. The number of hydrogen-bond acceptors (Lipinski definition) is 7. The van der Waals surface area contributed by atoms with E-state index in [1.54, 1.807) is 6.92 Å². The van der Waals surface area contributed by atoms with Crippen molar-refractivity contribution >= 4 is 28.3 Å². The van der Waals surface area contributed by atoms with E-state index in [0.29, 0.717) is 18.2 Å². The predicted molar refractivity (Wildman–Crippen MR) is 76.8 cm³/mol. The Morgan fingerprint density at radius 1 is 1.63 bits per heavy atom. The monoisotopic (exact) mass is 284 g/mol. The summed E-state index contributed by atoms with van der Waals surface area (Å²) in [6, 6.07) is 0.498. The maximum Gasteiger partial charge on any atom is 0.345 e. The number of carbonyl (C=O) groups is 1. The molecule has 0 bridgehead atoms. The second kappa shape index (κ2) is 5.75. The maximum absolute atomic E-state index is 11.9. The molecular formula is C12H20N4O2S. The fourth-order valence-corrected chi connectivity index (χ4v) is 3.09. The Morgan fingerprint density at radius 2 is 2.37 bits per heavy atom. The van der Waals surface area contributed by atoms with Crippen LogP contribution in [-0.2, 0) is 4.74 Å². The fraction of sp³-hybridized carbons (Fsp3) is 0.667. The van der Waals surface area contributed by atoms with Gasteiger partial charge in [-0.15, -0.1) is 0 Å². The first-order valence-corrected chi connectivity index (χ1v) is 7.15. The van der Waals surface area contributed by atoms with Gasteiger partial charge in [-0.2, -0.15) is 4.37 Å². The number of nitrogens with zero attached hydrogens (tertiary/aromatic N) is 3. The Morgan fingerprint density at radius 3 is 2.95 bits per heavy atom. The highest BCUT2D eigenvalue weighted by atomic mass is 32.1. The van der Waals surface area contributed by atoms with Crippen LogP contribution in [0.15, 0.2) is 0 Å². The van der Waals surface area contributed by atoms with Crippen LogP contribution in [-0.4, -0.2) is 55.1 Å². The lowest BCUT2D eigenvalue weighted by molar-refractivity contribution is 0.0528. The standard InChI is InChI=1S/C12H20N4O2S/c1-4-18-12(17)9-10(13)14-19-11(9)16-6-5-8(7-16)15(2)3/h8H,4-7H2,1-3H3,(H2,13,14). The molecule has 1 aromatic rings. The molecule has 1 atom stereocenters. The highest BCUT2D eigenvalue weighted by Gasteiger charge is 2.30. The normalized spacial score (nSPS) is 19.2. The van der Waals surface area contributed by atoms with Crippen molar-refractivity contribution in [2.75, 3.05) is 44.4 Å². The van der Waals surface area contributed by atoms with Crippen molar-refractivity contribution in [2.24, 2.45) is 0 Å². The number of nitrogen functional groups attached to an aromatic ring is 1. The summed E-state index contributed by atoms with van der Waals surface area (Å²) in [5, 5.41) is 0.834. The molecule has 106 valence electrons. The summed E-state index contributed by atoms with van der Waals surface area (Å²) < 4.78 is 9.15. The number of hydrogen-bond donors (Lipinski definition) is 1. The maximum atomic E-state index is 11.9. The molecule has 1 unspecified atom stereocenters. The number of anilines is 2. The van der Waals surface area contributed by atoms with Crippen molar-refractivity contribution in [1.29, 1.82) is 0 Å². The van der Waals surface area contributed by atoms with E-state index >= 15 is 0 Å². The quantitative estimate of drug-likeness (QED) is 0.833. The smallest absolute Gasteiger partial charge is 0.345 e. The van der Waals surface area contributed by atoms with E-state index < -0.39 is 0 Å². The third-order valence-electron chi connectivity index (χ3n) is 3.36. The summed E-state index contributed by atoms with van der Waals surface area (Å²) in [5.41, 5.74) is 6.22. The first kappa shape index (κ1) is 14.1. The number of aromatic nitrogens is 1. The Hall–Kier alpha value is -1.34. The van der Waals surface area contributed by atoms with E-state index in [2.05, 4.69) is 28.3 Å². The van der Waals surface area contributed by atoms with Crippen molar-refractivity contribution in [3.8, 4) is 0 Å². The SMILES string of the molecule is CCOC(=O)c1c(N)nsc1N1CCC(N(C)C)C1. The summed E-state index contributed by atoms with van der Waals surface area (Å²) in [7, 11) is 4.14. The molecule has 2 N–H and O–H groups in total. The lowest BCUT2D eigenvalue weighted by atomic mass is 10.2. The van der Waals surface area contributed by atoms with Gasteiger partial charge in [-0.25, -0.2) is 4.79 Å². The van der Waals surface area contributed by atoms with Gasteiger partial charge in [0, 0.05) is 19.1 Å². The zero-order valence-corrected chi connectivity index (χ0v) is 12.4. The lowest BCUT2D eigenvalue weighted by Crippen LogP contribution is -2.31. The van der Waals surface area contributed by atoms with Crippen LogP contribution in [0.25, 0.3) is 0 Å². The highest BCUT2D eigenvalue weighted by Crippen LogP contribution is 2.33. The van der Waals surface area contributed by atoms with Gasteiger partial charge in [0.25, 0.3) is 0 Å². The van der Waals surface area contributed by atoms with Crippen LogP contribution in [0.2, 0.25) is 0 Å². The van der Waals surface area contributed by atoms with Gasteiger partial charge in [-0.3, -0.25) is 0 Å². The third kappa shape index (κ3) is 2.82. The molecule has 1 fully saturated rings. The average molecular weight is 284 g/mol. The fourth-order valence-electron chi connectivity index (χ4n) is 2.25. The van der Waals surface area contributed by atoms with Crippen LogP contribution >= 0.6 is 11.5 Å². The zero-order chi connectivity index (χ0) is 14.0. The van der Waals surface area contributed by atoms with Gasteiger partial charge >= 0.3 is 5.97 Å². The minimum absolute atomic E-state index is 0.270. The Balaban J connectivity index is 2.20. The lowest BCUT2D eigenvalue weighted by Gasteiger charge is -2.21. The Bertz CT molecular complexity index is 461. The van der Waals surface area contributed by atoms with Crippen molar-refractivity contribution in [3.05, 3.63) is 5.56 Å². The van der Waals surface area contributed by atoms with Gasteiger partial charge in [0.05, 0.1) is 6.61 Å². The third-order valence-corrected chi connectivity index (χ3v) is 4.28. The first-order chi connectivity index (χ1) is 9.04. The summed E-state index contributed by atoms with van der Waals surface area (Å²) in [4.78, 5) is 16.3. The summed E-state index contributed by atoms with van der Waals surface area (Å²) in [5.74, 6) is -0.108. The van der Waals surface area contributed by atoms with E-state index in [4.69, 9.17) is 10.5 Å². The van der Waals surface area contributed by atoms with Crippen LogP contribution in [0.5, 0.6) is 0 Å². The van der Waals surface area contributed by atoms with Crippen molar-refractivity contribution < 1.29 is 9.53 Å². The van der Waals surface area contributed by atoms with Crippen LogP contribution in [0.4, 0.5) is 10.8 Å². The second-order valence-electron chi connectivity index (χ2n) is 4.82. The number of likely N-dealkylation sites (N-methyl/N-ethyl adjacent to an activating group) is 1. The van der Waals surface area contributed by atoms with E-state index in [-0.39, 0.29) is 11.8 Å². The average Bonchev–Trinajstić information content (AvgIpc) is 2.95. The van der Waals surface area contributed by atoms with E-state index in [9.17, 15) is 4.79 Å². The molecule has 1 saturated heterocycles. The number of ether oxygens (including phenoxy) is 1. The Kier molecular flexibility index (Phi) is 4.26. The molecule has 0 aromatic carbocycles. The predicted octanol–water partition coefficient (Wildman–Crippen LogP) is 1.04. The topological polar surface area (TPSA) is 71.7 Å². The summed E-state index contributed by atoms with van der Waals surface area (Å²) in [6.45, 7) is 3.93. The van der Waals surface area contributed by atoms with Gasteiger partial charge in [0.2, 0.25) is 0 Å². The van der Waals surface area contributed by atoms with Crippen molar-refractivity contribution in [1.82, 2.24) is 9.27 Å². The minimum atomic E-state index is -0.378. The summed E-state index contributed by atoms with van der Waals surface area (Å²) in [6.07, 6.45) is 1.08. The highest BCUT2D eigenvalue weighted by molar-refractivity contribution is 7.11. The van der Waals surface area contributed by atoms with E-state index in [1.807, 2.05) is 0 Å². The van der Waals surface area contributed by atoms with Gasteiger partial charge in [0.15, 0.2) is 5.82 Å². The molecule has 1 aromatic heterocycles. The molecular weight excluding hydrogens is 264 g/mol. The molecule has 0 radical (unpaired) electrons. The van der Waals surface area contributed by atoms with E-state index in [1.165, 1.54) is 11.5 Å². The number of nitrogens with two attached hydrogens (primary N) is 1. The molecule has 19 heavy (non-hydrogen) atoms. The molecule has 2 heterocycles. The molecule has 0 aliphatic carbocycles. The van der Waals surface area contributed by atoms with Crippen LogP contribution in [0.1, 0.15) is 23.7 Å². The van der Waals surface area contributed by atoms with Crippen LogP contribution in [0, 0.1) is 0 Å². The number of rotatable bonds is 4. The van der Waals surface area contributed by atoms with E-state index in [0.717, 1.165) is 24.5 Å². The largest absolute Gasteiger partial charge is 0.462 e. The van der Waals surface area contributed by atoms with Gasteiger partial charge in [-0.1, -0.05) is 0 Å². The second-order valence-corrected chi connectivity index (χ2v) is 5.57. The Labute approximate surface area is 117 Å². The molecule has 0 saturated carbocycles. The molecule has 0 spiro atoms. The van der Waals surface area contributed by atoms with Gasteiger partial charge in [0.1, 0.15) is 10.6 Å². The molecule has 6 nitrogen and oxygen atoms in total. The minimum Gasteiger partial charge on any atom is -0.462 e. The van der Waals surface area contributed by atoms with Crippen LogP contribution < -0.4 is 10.6 Å². The van der Waals surface area contributed by atoms with Gasteiger partial charge in [-0.05, 0) is 39.0 Å². The zero-order valence-electron chi connectivity index (χ0n) is 11.5. The van der Waals surface area contributed by atoms with Crippen molar-refractivity contribution in [3.63, 3.8) is 0 Å². The molecule has 0 amide bonds. The number of carbonyl (C=O) groups excluding carboxylic acids is 1. The number of esters is 1. The van der Waals surface area contributed by atoms with Crippen molar-refractivity contribution in [2.45, 2.75) is 19.4 Å².